The first-order valence-corrected chi connectivity index (χ1v) is 3.77. The molecule has 0 fully saturated rings. The Bertz CT molecular complexity index is 249. The molecule has 66 valence electrons. The zero-order valence-electron chi connectivity index (χ0n) is 6.45. The molecule has 0 atom stereocenters. The number of ketones is 1. The van der Waals surface area contributed by atoms with Crippen LogP contribution in [0.1, 0.15) is 0 Å². The summed E-state index contributed by atoms with van der Waals surface area (Å²) in [6.07, 6.45) is 0. The molecule has 0 N–H and O–H groups in total. The first kappa shape index (κ1) is 10.7. The average Bonchev–Trinajstić information content (AvgIpc) is 2.77. The van der Waals surface area contributed by atoms with Crippen molar-refractivity contribution >= 4 is 47.1 Å². The minimum absolute atomic E-state index is 0. The van der Waals surface area contributed by atoms with Crippen molar-refractivity contribution in [1.29, 1.82) is 0 Å². The van der Waals surface area contributed by atoms with Gasteiger partial charge >= 0.3 is 35.3 Å². The van der Waals surface area contributed by atoms with Crippen LogP contribution < -0.4 is 0 Å². The van der Waals surface area contributed by atoms with Crippen LogP contribution in [0, 0.1) is 0 Å². The summed E-state index contributed by atoms with van der Waals surface area (Å²) in [6, 6.07) is 0. The van der Waals surface area contributed by atoms with Crippen LogP contribution in [-0.2, 0) is 14.3 Å². The van der Waals surface area contributed by atoms with Crippen molar-refractivity contribution in [3.63, 3.8) is 0 Å². The van der Waals surface area contributed by atoms with Crippen LogP contribution in [0.15, 0.2) is 9.98 Å². The van der Waals surface area contributed by atoms with Gasteiger partial charge in [-0.1, -0.05) is 0 Å². The van der Waals surface area contributed by atoms with Crippen molar-refractivity contribution in [2.24, 2.45) is 9.98 Å². The van der Waals surface area contributed by atoms with E-state index in [-0.39, 0.29) is 47.1 Å². The van der Waals surface area contributed by atoms with E-state index in [0.29, 0.717) is 26.3 Å². The van der Waals surface area contributed by atoms with Crippen LogP contribution in [0.5, 0.6) is 0 Å². The third-order valence-corrected chi connectivity index (χ3v) is 1.56. The van der Waals surface area contributed by atoms with Gasteiger partial charge in [-0.2, -0.15) is 0 Å². The van der Waals surface area contributed by atoms with E-state index in [1.165, 1.54) is 0 Å². The van der Waals surface area contributed by atoms with E-state index >= 15 is 0 Å². The molecule has 2 aliphatic rings. The molecule has 0 bridgehead atoms. The second kappa shape index (κ2) is 4.74. The number of aliphatic imine (C=N–C) groups is 2. The molecule has 0 unspecified atom stereocenters. The molecule has 2 heterocycles. The predicted octanol–water partition coefficient (Wildman–Crippen LogP) is -1.24. The zero-order valence-corrected chi connectivity index (χ0v) is 6.45. The van der Waals surface area contributed by atoms with Gasteiger partial charge in [0.2, 0.25) is 0 Å². The molecule has 13 heavy (non-hydrogen) atoms. The predicted molar refractivity (Wildman–Crippen MR) is 48.7 cm³/mol. The molecule has 2 rings (SSSR count). The zero-order chi connectivity index (χ0) is 8.39. The Morgan fingerprint density at radius 3 is 1.85 bits per heavy atom. The van der Waals surface area contributed by atoms with Crippen molar-refractivity contribution in [3.8, 4) is 0 Å². The van der Waals surface area contributed by atoms with Crippen LogP contribution >= 0.6 is 0 Å². The van der Waals surface area contributed by atoms with Gasteiger partial charge in [0.05, 0.1) is 13.1 Å². The van der Waals surface area contributed by atoms with Gasteiger partial charge in [0.1, 0.15) is 13.2 Å². The summed E-state index contributed by atoms with van der Waals surface area (Å²) in [7, 11) is 0. The van der Waals surface area contributed by atoms with Gasteiger partial charge in [0.15, 0.2) is 0 Å². The Kier molecular flexibility index (Phi) is 3.90. The Morgan fingerprint density at radius 1 is 1.08 bits per heavy atom. The Hall–Kier alpha value is -0.390. The van der Waals surface area contributed by atoms with E-state index in [9.17, 15) is 4.79 Å². The molecule has 0 amide bonds. The number of carbonyl (C=O) groups excluding carboxylic acids is 1. The molecular weight excluding hydrogens is 183 g/mol. The number of Topliss-reactive ketones (excluding diaryl/α,β-unsaturated/α-hetero) is 1. The Morgan fingerprint density at radius 2 is 1.54 bits per heavy atom. The van der Waals surface area contributed by atoms with Crippen LogP contribution in [0.4, 0.5) is 0 Å². The molecule has 0 aromatic carbocycles. The summed E-state index contributed by atoms with van der Waals surface area (Å²) in [5.74, 6) is -0.0590. The van der Waals surface area contributed by atoms with Crippen LogP contribution in [-0.4, -0.2) is 73.4 Å². The van der Waals surface area contributed by atoms with Crippen LogP contribution in [0.3, 0.4) is 0 Å². The van der Waals surface area contributed by atoms with Crippen molar-refractivity contribution in [3.05, 3.63) is 0 Å². The second-order valence-electron chi connectivity index (χ2n) is 2.40. The van der Waals surface area contributed by atoms with Gasteiger partial charge in [-0.3, -0.25) is 4.79 Å². The molecule has 0 spiro atoms. The first-order chi connectivity index (χ1) is 5.88. The van der Waals surface area contributed by atoms with Gasteiger partial charge in [-0.05, 0) is 0 Å². The van der Waals surface area contributed by atoms with Crippen molar-refractivity contribution in [1.82, 2.24) is 0 Å². The number of rotatable bonds is 2. The number of ether oxygens (including phenoxy) is 2. The summed E-state index contributed by atoms with van der Waals surface area (Å²) in [4.78, 5) is 19.1. The molecule has 0 saturated heterocycles. The Labute approximate surface area is 97.5 Å². The van der Waals surface area contributed by atoms with Crippen molar-refractivity contribution < 1.29 is 14.3 Å². The summed E-state index contributed by atoms with van der Waals surface area (Å²) in [5, 5.41) is 0. The number of hydrogen-bond acceptors (Lipinski definition) is 5. The Balaban J connectivity index is 0.000000845. The maximum absolute atomic E-state index is 11.3. The fourth-order valence-electron chi connectivity index (χ4n) is 1.04. The summed E-state index contributed by atoms with van der Waals surface area (Å²) in [5.41, 5.74) is 0. The molecule has 0 aromatic heterocycles. The second-order valence-corrected chi connectivity index (χ2v) is 2.40. The third-order valence-electron chi connectivity index (χ3n) is 1.56. The maximum atomic E-state index is 11.3. The monoisotopic (exact) mass is 192 g/mol. The van der Waals surface area contributed by atoms with E-state index < -0.39 is 0 Å². The first-order valence-electron chi connectivity index (χ1n) is 3.77. The fourth-order valence-corrected chi connectivity index (χ4v) is 1.04. The summed E-state index contributed by atoms with van der Waals surface area (Å²) >= 11 is 0. The fraction of sp³-hybridized carbons (Fsp3) is 0.571. The minimum atomic E-state index is -0.329. The molecular formula is C7H9N2NaO3. The van der Waals surface area contributed by atoms with Crippen LogP contribution in [0.25, 0.3) is 0 Å². The van der Waals surface area contributed by atoms with E-state index in [2.05, 4.69) is 9.98 Å². The van der Waals surface area contributed by atoms with E-state index in [4.69, 9.17) is 9.47 Å². The van der Waals surface area contributed by atoms with Crippen LogP contribution in [0.2, 0.25) is 0 Å². The molecule has 0 aliphatic carbocycles. The van der Waals surface area contributed by atoms with E-state index in [1.54, 1.807) is 0 Å². The van der Waals surface area contributed by atoms with Crippen molar-refractivity contribution in [2.75, 3.05) is 26.3 Å². The van der Waals surface area contributed by atoms with Crippen molar-refractivity contribution in [2.45, 2.75) is 0 Å². The molecule has 2 aliphatic heterocycles. The molecule has 6 heteroatoms. The summed E-state index contributed by atoms with van der Waals surface area (Å²) < 4.78 is 9.93. The summed E-state index contributed by atoms with van der Waals surface area (Å²) in [6.45, 7) is 2.06. The number of carbonyl (C=O) groups is 1. The normalized spacial score (nSPS) is 19.4. The third kappa shape index (κ3) is 2.30. The van der Waals surface area contributed by atoms with E-state index in [1.807, 2.05) is 0 Å². The van der Waals surface area contributed by atoms with Gasteiger partial charge < -0.3 is 9.47 Å². The average molecular weight is 192 g/mol. The quantitative estimate of drug-likeness (QED) is 0.514. The topological polar surface area (TPSA) is 60.2 Å². The standard InChI is InChI=1S/C7H8N2O3.Na.H/c10-5(6-8-1-3-11-6)7-9-2-4-12-7;;/h1-4H2;;. The SMILES string of the molecule is O=C(C1=NCCO1)C1=NCCO1.[NaH]. The van der Waals surface area contributed by atoms with Gasteiger partial charge in [-0.25, -0.2) is 9.98 Å². The van der Waals surface area contributed by atoms with E-state index in [0.717, 1.165) is 0 Å². The number of hydrogen-bond donors (Lipinski definition) is 0. The van der Waals surface area contributed by atoms with Gasteiger partial charge in [0.25, 0.3) is 11.8 Å². The molecule has 0 radical (unpaired) electrons. The molecule has 0 saturated carbocycles. The number of nitrogens with zero attached hydrogens (tertiary/aromatic N) is 2. The van der Waals surface area contributed by atoms with Gasteiger partial charge in [-0.15, -0.1) is 0 Å². The molecule has 0 aromatic rings. The molecule has 5 nitrogen and oxygen atoms in total. The van der Waals surface area contributed by atoms with Gasteiger partial charge in [0, 0.05) is 0 Å².